The molecule has 2 aromatic rings. The van der Waals surface area contributed by atoms with Gasteiger partial charge in [0.25, 0.3) is 0 Å². The number of aliphatic hydroxyl groups excluding tert-OH is 1. The van der Waals surface area contributed by atoms with Crippen LogP contribution >= 0.6 is 0 Å². The van der Waals surface area contributed by atoms with E-state index >= 15 is 0 Å². The molecule has 0 saturated heterocycles. The molecule has 1 heterocycles. The van der Waals surface area contributed by atoms with Gasteiger partial charge in [-0.05, 0) is 47.9 Å². The Morgan fingerprint density at radius 2 is 2.11 bits per heavy atom. The fraction of sp³-hybridized carbons (Fsp3) is 0.214. The van der Waals surface area contributed by atoms with Crippen LogP contribution in [0, 0.1) is 12.7 Å². The van der Waals surface area contributed by atoms with Crippen molar-refractivity contribution >= 4 is 5.82 Å². The predicted octanol–water partition coefficient (Wildman–Crippen LogP) is 2.39. The molecule has 0 bridgehead atoms. The summed E-state index contributed by atoms with van der Waals surface area (Å²) in [5, 5.41) is 10.1. The molecule has 1 aromatic heterocycles. The number of aromatic nitrogens is 1. The molecule has 0 radical (unpaired) electrons. The fourth-order valence-electron chi connectivity index (χ4n) is 1.92. The number of benzene rings is 1. The largest absolute Gasteiger partial charge is 0.388 e. The number of hydrogen-bond acceptors (Lipinski definition) is 3. The van der Waals surface area contributed by atoms with Gasteiger partial charge in [0.05, 0.1) is 6.10 Å². The maximum atomic E-state index is 13.3. The Kier molecular flexibility index (Phi) is 3.58. The zero-order valence-corrected chi connectivity index (χ0v) is 10.1. The molecule has 1 atom stereocenters. The second kappa shape index (κ2) is 5.14. The number of aryl methyl sites for hydroxylation is 1. The number of nitrogen functional groups attached to an aromatic ring is 1. The number of rotatable bonds is 3. The summed E-state index contributed by atoms with van der Waals surface area (Å²) in [6.07, 6.45) is 1.23. The number of aliphatic hydroxyl groups is 1. The number of hydrogen-bond donors (Lipinski definition) is 2. The van der Waals surface area contributed by atoms with E-state index in [0.717, 1.165) is 11.1 Å². The Balaban J connectivity index is 2.19. The molecule has 1 unspecified atom stereocenters. The summed E-state index contributed by atoms with van der Waals surface area (Å²) >= 11 is 0. The molecule has 3 nitrogen and oxygen atoms in total. The summed E-state index contributed by atoms with van der Waals surface area (Å²) in [7, 11) is 0. The molecule has 1 aromatic carbocycles. The third-order valence-electron chi connectivity index (χ3n) is 2.72. The normalized spacial score (nSPS) is 12.4. The summed E-state index contributed by atoms with van der Waals surface area (Å²) in [5.74, 6) is 0.0772. The monoisotopic (exact) mass is 246 g/mol. The minimum atomic E-state index is -0.749. The van der Waals surface area contributed by atoms with Crippen molar-refractivity contribution in [2.75, 3.05) is 5.73 Å². The molecule has 3 N–H and O–H groups in total. The van der Waals surface area contributed by atoms with Crippen molar-refractivity contribution in [2.24, 2.45) is 0 Å². The van der Waals surface area contributed by atoms with E-state index in [1.54, 1.807) is 31.3 Å². The Morgan fingerprint density at radius 3 is 2.78 bits per heavy atom. The molecule has 18 heavy (non-hydrogen) atoms. The van der Waals surface area contributed by atoms with E-state index in [9.17, 15) is 9.50 Å². The predicted molar refractivity (Wildman–Crippen MR) is 68.5 cm³/mol. The average molecular weight is 246 g/mol. The molecule has 94 valence electrons. The molecule has 0 aliphatic rings. The highest BCUT2D eigenvalue weighted by Gasteiger charge is 2.10. The first kappa shape index (κ1) is 12.5. The Morgan fingerprint density at radius 1 is 1.33 bits per heavy atom. The summed E-state index contributed by atoms with van der Waals surface area (Å²) in [4.78, 5) is 3.88. The van der Waals surface area contributed by atoms with Crippen molar-refractivity contribution in [3.05, 3.63) is 59.0 Å². The smallest absolute Gasteiger partial charge is 0.123 e. The maximum Gasteiger partial charge on any atom is 0.123 e. The fourth-order valence-corrected chi connectivity index (χ4v) is 1.92. The summed E-state index contributed by atoms with van der Waals surface area (Å²) in [6, 6.07) is 8.04. The minimum Gasteiger partial charge on any atom is -0.388 e. The second-order valence-corrected chi connectivity index (χ2v) is 4.37. The van der Waals surface area contributed by atoms with Crippen molar-refractivity contribution in [2.45, 2.75) is 19.4 Å². The first-order valence-corrected chi connectivity index (χ1v) is 5.70. The van der Waals surface area contributed by atoms with E-state index < -0.39 is 6.10 Å². The van der Waals surface area contributed by atoms with Crippen LogP contribution in [0.2, 0.25) is 0 Å². The Labute approximate surface area is 105 Å². The first-order valence-electron chi connectivity index (χ1n) is 5.70. The maximum absolute atomic E-state index is 13.3. The molecule has 4 heteroatoms. The van der Waals surface area contributed by atoms with E-state index in [0.29, 0.717) is 17.8 Å². The first-order chi connectivity index (χ1) is 8.54. The molecule has 2 rings (SSSR count). The van der Waals surface area contributed by atoms with E-state index in [-0.39, 0.29) is 5.82 Å². The summed E-state index contributed by atoms with van der Waals surface area (Å²) in [5.41, 5.74) is 7.80. The van der Waals surface area contributed by atoms with Gasteiger partial charge in [0.2, 0.25) is 0 Å². The van der Waals surface area contributed by atoms with Crippen LogP contribution in [0.25, 0.3) is 0 Å². The standard InChI is InChI=1S/C14H15FN2O/c1-9-4-11(8-12(15)5-9)13(18)6-10-2-3-17-14(16)7-10/h2-5,7-8,13,18H,6H2,1H3,(H2,16,17). The van der Waals surface area contributed by atoms with Crippen molar-refractivity contribution in [1.82, 2.24) is 4.98 Å². The van der Waals surface area contributed by atoms with Crippen LogP contribution in [0.15, 0.2) is 36.5 Å². The lowest BCUT2D eigenvalue weighted by Crippen LogP contribution is -2.03. The summed E-state index contributed by atoms with van der Waals surface area (Å²) in [6.45, 7) is 1.80. The molecule has 0 amide bonds. The molecule has 0 aliphatic heterocycles. The topological polar surface area (TPSA) is 59.1 Å². The van der Waals surface area contributed by atoms with Crippen LogP contribution in [-0.4, -0.2) is 10.1 Å². The number of pyridine rings is 1. The van der Waals surface area contributed by atoms with Gasteiger partial charge in [-0.3, -0.25) is 0 Å². The highest BCUT2D eigenvalue weighted by molar-refractivity contribution is 5.33. The lowest BCUT2D eigenvalue weighted by molar-refractivity contribution is 0.178. The van der Waals surface area contributed by atoms with Crippen molar-refractivity contribution in [3.63, 3.8) is 0 Å². The van der Waals surface area contributed by atoms with Crippen LogP contribution in [0.5, 0.6) is 0 Å². The van der Waals surface area contributed by atoms with Gasteiger partial charge in [-0.1, -0.05) is 6.07 Å². The minimum absolute atomic E-state index is 0.335. The van der Waals surface area contributed by atoms with Crippen LogP contribution in [-0.2, 0) is 6.42 Å². The number of anilines is 1. The average Bonchev–Trinajstić information content (AvgIpc) is 2.27. The van der Waals surface area contributed by atoms with Crippen molar-refractivity contribution in [1.29, 1.82) is 0 Å². The molecular weight excluding hydrogens is 231 g/mol. The van der Waals surface area contributed by atoms with Crippen LogP contribution in [0.4, 0.5) is 10.2 Å². The van der Waals surface area contributed by atoms with E-state index in [1.165, 1.54) is 12.1 Å². The Bertz CT molecular complexity index is 537. The van der Waals surface area contributed by atoms with Gasteiger partial charge in [-0.15, -0.1) is 0 Å². The molecule has 0 spiro atoms. The number of nitrogens with zero attached hydrogens (tertiary/aromatic N) is 1. The molecular formula is C14H15FN2O. The lowest BCUT2D eigenvalue weighted by Gasteiger charge is -2.12. The van der Waals surface area contributed by atoms with Crippen LogP contribution < -0.4 is 5.73 Å². The summed E-state index contributed by atoms with van der Waals surface area (Å²) < 4.78 is 13.3. The van der Waals surface area contributed by atoms with Crippen LogP contribution in [0.3, 0.4) is 0 Å². The SMILES string of the molecule is Cc1cc(F)cc(C(O)Cc2ccnc(N)c2)c1. The van der Waals surface area contributed by atoms with E-state index in [2.05, 4.69) is 4.98 Å². The molecule has 0 saturated carbocycles. The van der Waals surface area contributed by atoms with Gasteiger partial charge < -0.3 is 10.8 Å². The van der Waals surface area contributed by atoms with E-state index in [4.69, 9.17) is 5.73 Å². The quantitative estimate of drug-likeness (QED) is 0.874. The third kappa shape index (κ3) is 3.05. The van der Waals surface area contributed by atoms with Gasteiger partial charge in [0, 0.05) is 12.6 Å². The molecule has 0 fully saturated rings. The van der Waals surface area contributed by atoms with Gasteiger partial charge >= 0.3 is 0 Å². The molecule has 0 aliphatic carbocycles. The second-order valence-electron chi connectivity index (χ2n) is 4.37. The Hall–Kier alpha value is -1.94. The van der Waals surface area contributed by atoms with Gasteiger partial charge in [0.15, 0.2) is 0 Å². The zero-order valence-electron chi connectivity index (χ0n) is 10.1. The van der Waals surface area contributed by atoms with Gasteiger partial charge in [-0.2, -0.15) is 0 Å². The zero-order chi connectivity index (χ0) is 13.1. The van der Waals surface area contributed by atoms with Crippen molar-refractivity contribution in [3.8, 4) is 0 Å². The van der Waals surface area contributed by atoms with E-state index in [1.807, 2.05) is 0 Å². The lowest BCUT2D eigenvalue weighted by atomic mass is 10.0. The highest BCUT2D eigenvalue weighted by atomic mass is 19.1. The van der Waals surface area contributed by atoms with Gasteiger partial charge in [-0.25, -0.2) is 9.37 Å². The highest BCUT2D eigenvalue weighted by Crippen LogP contribution is 2.21. The number of halogens is 1. The number of nitrogens with two attached hydrogens (primary N) is 1. The van der Waals surface area contributed by atoms with Crippen molar-refractivity contribution < 1.29 is 9.50 Å². The third-order valence-corrected chi connectivity index (χ3v) is 2.72. The van der Waals surface area contributed by atoms with Gasteiger partial charge in [0.1, 0.15) is 11.6 Å². The van der Waals surface area contributed by atoms with Crippen LogP contribution in [0.1, 0.15) is 22.8 Å².